The summed E-state index contributed by atoms with van der Waals surface area (Å²) in [5, 5.41) is 2.75. The Bertz CT molecular complexity index is 1190. The van der Waals surface area contributed by atoms with E-state index in [0.29, 0.717) is 38.4 Å². The molecular weight excluding hydrogens is 470 g/mol. The number of hydrogen-bond donors (Lipinski definition) is 2. The lowest BCUT2D eigenvalue weighted by Gasteiger charge is -2.26. The van der Waals surface area contributed by atoms with Crippen molar-refractivity contribution in [3.8, 4) is 5.75 Å². The Hall–Kier alpha value is -2.67. The number of nitrogens with zero attached hydrogens (tertiary/aromatic N) is 1. The number of rotatable bonds is 9. The first kappa shape index (κ1) is 25.0. The molecule has 2 N–H and O–H groups in total. The minimum absolute atomic E-state index is 0.182. The van der Waals surface area contributed by atoms with Crippen molar-refractivity contribution in [3.05, 3.63) is 48.0 Å². The highest BCUT2D eigenvalue weighted by Gasteiger charge is 2.26. The number of ether oxygens (including phenoxy) is 2. The average Bonchev–Trinajstić information content (AvgIpc) is 2.78. The van der Waals surface area contributed by atoms with Crippen molar-refractivity contribution in [1.29, 1.82) is 0 Å². The number of hydrogen-bond acceptors (Lipinski definition) is 7. The Balaban J connectivity index is 1.57. The molecule has 1 heterocycles. The summed E-state index contributed by atoms with van der Waals surface area (Å²) in [6.45, 7) is 1.44. The van der Waals surface area contributed by atoms with Gasteiger partial charge in [0.1, 0.15) is 5.75 Å². The van der Waals surface area contributed by atoms with Gasteiger partial charge in [-0.3, -0.25) is 9.52 Å². The van der Waals surface area contributed by atoms with Crippen molar-refractivity contribution >= 4 is 37.3 Å². The molecule has 1 fully saturated rings. The third-order valence-electron chi connectivity index (χ3n) is 4.95. The summed E-state index contributed by atoms with van der Waals surface area (Å²) in [7, 11) is -5.62. The van der Waals surface area contributed by atoms with Gasteiger partial charge >= 0.3 is 0 Å². The van der Waals surface area contributed by atoms with Crippen LogP contribution in [0.4, 0.5) is 11.4 Å². The number of nitrogens with one attached hydrogen (secondary N) is 2. The Morgan fingerprint density at radius 2 is 1.73 bits per heavy atom. The van der Waals surface area contributed by atoms with Crippen LogP contribution in [0.2, 0.25) is 0 Å². The molecular formula is C21H27N3O7S2. The van der Waals surface area contributed by atoms with Gasteiger partial charge in [0.25, 0.3) is 0 Å². The molecule has 2 aromatic carbocycles. The fourth-order valence-electron chi connectivity index (χ4n) is 3.30. The first-order valence-electron chi connectivity index (χ1n) is 10.2. The SMILES string of the molecule is COc1cc(NC(=O)CCc2ccc(S(=O)(=O)N3CCOCC3)cc2)ccc1NS(C)(=O)=O. The van der Waals surface area contributed by atoms with Crippen LogP contribution in [0, 0.1) is 0 Å². The Kier molecular flexibility index (Phi) is 7.95. The van der Waals surface area contributed by atoms with E-state index in [9.17, 15) is 21.6 Å². The van der Waals surface area contributed by atoms with Crippen molar-refractivity contribution < 1.29 is 31.1 Å². The molecule has 0 aromatic heterocycles. The monoisotopic (exact) mass is 497 g/mol. The minimum atomic E-state index is -3.55. The lowest BCUT2D eigenvalue weighted by atomic mass is 10.1. The van der Waals surface area contributed by atoms with Gasteiger partial charge in [-0.05, 0) is 36.2 Å². The molecule has 1 amide bonds. The van der Waals surface area contributed by atoms with E-state index in [1.807, 2.05) is 0 Å². The van der Waals surface area contributed by atoms with Crippen molar-refractivity contribution in [1.82, 2.24) is 4.31 Å². The highest BCUT2D eigenvalue weighted by atomic mass is 32.2. The second-order valence-corrected chi connectivity index (χ2v) is 11.2. The Morgan fingerprint density at radius 3 is 2.33 bits per heavy atom. The normalized spacial score (nSPS) is 15.1. The number of methoxy groups -OCH3 is 1. The second kappa shape index (κ2) is 10.5. The van der Waals surface area contributed by atoms with E-state index in [1.165, 1.54) is 23.5 Å². The lowest BCUT2D eigenvalue weighted by molar-refractivity contribution is -0.116. The van der Waals surface area contributed by atoms with Gasteiger partial charge < -0.3 is 14.8 Å². The number of benzene rings is 2. The van der Waals surface area contributed by atoms with E-state index in [-0.39, 0.29) is 28.7 Å². The summed E-state index contributed by atoms with van der Waals surface area (Å²) in [4.78, 5) is 12.6. The predicted molar refractivity (Wildman–Crippen MR) is 124 cm³/mol. The number of amides is 1. The van der Waals surface area contributed by atoms with Gasteiger partial charge in [0.15, 0.2) is 0 Å². The number of sulfonamides is 2. The first-order chi connectivity index (χ1) is 15.6. The molecule has 0 aliphatic carbocycles. The van der Waals surface area contributed by atoms with E-state index in [2.05, 4.69) is 10.0 Å². The highest BCUT2D eigenvalue weighted by molar-refractivity contribution is 7.92. The van der Waals surface area contributed by atoms with Crippen LogP contribution in [0.1, 0.15) is 12.0 Å². The van der Waals surface area contributed by atoms with E-state index in [1.54, 1.807) is 30.3 Å². The zero-order valence-electron chi connectivity index (χ0n) is 18.4. The molecule has 2 aromatic rings. The van der Waals surface area contributed by atoms with Crippen LogP contribution < -0.4 is 14.8 Å². The molecule has 0 atom stereocenters. The molecule has 0 unspecified atom stereocenters. The predicted octanol–water partition coefficient (Wildman–Crippen LogP) is 1.66. The zero-order valence-corrected chi connectivity index (χ0v) is 20.0. The van der Waals surface area contributed by atoms with Crippen LogP contribution in [-0.4, -0.2) is 66.7 Å². The Morgan fingerprint density at radius 1 is 1.06 bits per heavy atom. The van der Waals surface area contributed by atoms with Crippen LogP contribution in [0.15, 0.2) is 47.4 Å². The highest BCUT2D eigenvalue weighted by Crippen LogP contribution is 2.28. The maximum absolute atomic E-state index is 12.7. The third-order valence-corrected chi connectivity index (χ3v) is 7.46. The summed E-state index contributed by atoms with van der Waals surface area (Å²) in [6.07, 6.45) is 1.64. The fourth-order valence-corrected chi connectivity index (χ4v) is 5.27. The second-order valence-electron chi connectivity index (χ2n) is 7.50. The first-order valence-corrected chi connectivity index (χ1v) is 13.5. The minimum Gasteiger partial charge on any atom is -0.494 e. The molecule has 10 nitrogen and oxygen atoms in total. The van der Waals surface area contributed by atoms with Gasteiger partial charge in [-0.25, -0.2) is 16.8 Å². The fraction of sp³-hybridized carbons (Fsp3) is 0.381. The van der Waals surface area contributed by atoms with E-state index in [4.69, 9.17) is 9.47 Å². The average molecular weight is 498 g/mol. The molecule has 180 valence electrons. The Labute approximate surface area is 194 Å². The standard InChI is InChI=1S/C21H27N3O7S2/c1-30-20-15-17(6-9-19(20)23-32(2,26)27)22-21(25)10-5-16-3-7-18(8-4-16)33(28,29)24-11-13-31-14-12-24/h3-4,6-9,15,23H,5,10-14H2,1-2H3,(H,22,25). The number of morpholine rings is 1. The van der Waals surface area contributed by atoms with Crippen LogP contribution >= 0.6 is 0 Å². The summed E-state index contributed by atoms with van der Waals surface area (Å²) < 4.78 is 62.4. The van der Waals surface area contributed by atoms with Gasteiger partial charge in [0.2, 0.25) is 26.0 Å². The molecule has 33 heavy (non-hydrogen) atoms. The third kappa shape index (κ3) is 6.90. The number of aryl methyl sites for hydroxylation is 1. The van der Waals surface area contributed by atoms with E-state index < -0.39 is 20.0 Å². The van der Waals surface area contributed by atoms with Gasteiger partial charge in [-0.2, -0.15) is 4.31 Å². The van der Waals surface area contributed by atoms with Gasteiger partial charge in [0, 0.05) is 31.3 Å². The van der Waals surface area contributed by atoms with E-state index >= 15 is 0 Å². The number of carbonyl (C=O) groups is 1. The number of anilines is 2. The molecule has 0 saturated carbocycles. The van der Waals surface area contributed by atoms with Crippen molar-refractivity contribution in [3.63, 3.8) is 0 Å². The van der Waals surface area contributed by atoms with Crippen molar-refractivity contribution in [2.45, 2.75) is 17.7 Å². The zero-order chi connectivity index (χ0) is 24.1. The molecule has 1 aliphatic heterocycles. The number of carbonyl (C=O) groups excluding carboxylic acids is 1. The van der Waals surface area contributed by atoms with E-state index in [0.717, 1.165) is 11.8 Å². The van der Waals surface area contributed by atoms with Crippen LogP contribution in [0.25, 0.3) is 0 Å². The summed E-state index contributed by atoms with van der Waals surface area (Å²) >= 11 is 0. The molecule has 12 heteroatoms. The smallest absolute Gasteiger partial charge is 0.243 e. The summed E-state index contributed by atoms with van der Waals surface area (Å²) in [5.41, 5.74) is 1.56. The molecule has 0 radical (unpaired) electrons. The summed E-state index contributed by atoms with van der Waals surface area (Å²) in [5.74, 6) is 0.0289. The molecule has 1 aliphatic rings. The van der Waals surface area contributed by atoms with Crippen LogP contribution in [-0.2, 0) is 36.0 Å². The van der Waals surface area contributed by atoms with Gasteiger partial charge in [-0.15, -0.1) is 0 Å². The van der Waals surface area contributed by atoms with Crippen LogP contribution in [0.3, 0.4) is 0 Å². The van der Waals surface area contributed by atoms with Crippen molar-refractivity contribution in [2.75, 3.05) is 49.7 Å². The van der Waals surface area contributed by atoms with Crippen molar-refractivity contribution in [2.24, 2.45) is 0 Å². The van der Waals surface area contributed by atoms with Gasteiger partial charge in [-0.1, -0.05) is 12.1 Å². The molecule has 0 spiro atoms. The largest absolute Gasteiger partial charge is 0.494 e. The maximum atomic E-state index is 12.7. The van der Waals surface area contributed by atoms with Gasteiger partial charge in [0.05, 0.1) is 37.2 Å². The molecule has 1 saturated heterocycles. The molecule has 3 rings (SSSR count). The quantitative estimate of drug-likeness (QED) is 0.539. The van der Waals surface area contributed by atoms with Crippen LogP contribution in [0.5, 0.6) is 5.75 Å². The topological polar surface area (TPSA) is 131 Å². The summed E-state index contributed by atoms with van der Waals surface area (Å²) in [6, 6.07) is 11.1. The maximum Gasteiger partial charge on any atom is 0.243 e. The molecule has 0 bridgehead atoms. The lowest BCUT2D eigenvalue weighted by Crippen LogP contribution is -2.40.